The van der Waals surface area contributed by atoms with Crippen molar-refractivity contribution in [3.05, 3.63) is 69.4 Å². The lowest BCUT2D eigenvalue weighted by molar-refractivity contribution is -0.129. The number of urea groups is 1. The number of aliphatic hydroxyl groups excluding tert-OH is 1. The third kappa shape index (κ3) is 4.39. The largest absolute Gasteiger partial charge is 0.491 e. The fraction of sp³-hybridized carbons (Fsp3) is 0.292. The highest BCUT2D eigenvalue weighted by atomic mass is 127. The van der Waals surface area contributed by atoms with Gasteiger partial charge >= 0.3 is 6.03 Å². The van der Waals surface area contributed by atoms with Gasteiger partial charge in [0, 0.05) is 9.13 Å². The first-order valence-electron chi connectivity index (χ1n) is 10.9. The predicted octanol–water partition coefficient (Wildman–Crippen LogP) is 3.94. The molecular weight excluding hydrogens is 554 g/mol. The van der Waals surface area contributed by atoms with E-state index in [1.54, 1.807) is 36.4 Å². The molecule has 10 heteroatoms. The average molecular weight is 576 g/mol. The van der Waals surface area contributed by atoms with Crippen LogP contribution >= 0.6 is 22.6 Å². The Morgan fingerprint density at radius 2 is 1.97 bits per heavy atom. The van der Waals surface area contributed by atoms with Gasteiger partial charge in [-0.05, 0) is 77.2 Å². The van der Waals surface area contributed by atoms with E-state index in [0.29, 0.717) is 28.4 Å². The summed E-state index contributed by atoms with van der Waals surface area (Å²) in [7, 11) is 0. The molecule has 0 bridgehead atoms. The summed E-state index contributed by atoms with van der Waals surface area (Å²) in [4.78, 5) is 35.1. The highest BCUT2D eigenvalue weighted by molar-refractivity contribution is 14.1. The normalized spacial score (nSPS) is 18.8. The molecule has 1 aromatic heterocycles. The Bertz CT molecular complexity index is 1230. The van der Waals surface area contributed by atoms with Crippen molar-refractivity contribution in [3.8, 4) is 17.0 Å². The number of halogens is 2. The Labute approximate surface area is 208 Å². The number of imide groups is 1. The van der Waals surface area contributed by atoms with E-state index in [1.165, 1.54) is 17.2 Å². The van der Waals surface area contributed by atoms with E-state index < -0.39 is 18.1 Å². The fourth-order valence-corrected chi connectivity index (χ4v) is 4.66. The topological polar surface area (TPSA) is 108 Å². The Hall–Kier alpha value is -2.99. The molecule has 3 N–H and O–H groups in total. The van der Waals surface area contributed by atoms with Crippen LogP contribution in [0.2, 0.25) is 0 Å². The summed E-state index contributed by atoms with van der Waals surface area (Å²) in [5.74, 6) is 0.403. The molecule has 0 radical (unpaired) electrons. The number of aromatic amines is 1. The van der Waals surface area contributed by atoms with E-state index in [-0.39, 0.29) is 30.9 Å². The van der Waals surface area contributed by atoms with Gasteiger partial charge in [-0.3, -0.25) is 9.69 Å². The van der Waals surface area contributed by atoms with Gasteiger partial charge in [-0.25, -0.2) is 14.2 Å². The SMILES string of the molecule is O=C1N[C@H](c2ccc(OCCO)cc2)C(=O)N1[C@H](c1ncc(-c2ccc(I)cc2F)[nH]1)C1CC1. The van der Waals surface area contributed by atoms with Gasteiger partial charge in [0.2, 0.25) is 0 Å². The quantitative estimate of drug-likeness (QED) is 0.278. The van der Waals surface area contributed by atoms with Gasteiger partial charge in [0.25, 0.3) is 5.91 Å². The van der Waals surface area contributed by atoms with Crippen LogP contribution in [0.25, 0.3) is 11.3 Å². The summed E-state index contributed by atoms with van der Waals surface area (Å²) in [6, 6.07) is 9.90. The van der Waals surface area contributed by atoms with Crippen molar-refractivity contribution in [1.82, 2.24) is 20.2 Å². The molecule has 1 saturated carbocycles. The second-order valence-corrected chi connectivity index (χ2v) is 9.57. The van der Waals surface area contributed by atoms with Crippen LogP contribution in [0.15, 0.2) is 48.7 Å². The molecule has 2 aliphatic rings. The molecule has 1 aliphatic carbocycles. The number of carbonyl (C=O) groups is 2. The van der Waals surface area contributed by atoms with E-state index in [1.807, 2.05) is 22.6 Å². The molecule has 2 aromatic carbocycles. The van der Waals surface area contributed by atoms with Crippen LogP contribution < -0.4 is 10.1 Å². The summed E-state index contributed by atoms with van der Waals surface area (Å²) in [6.45, 7) is 0.0771. The zero-order valence-electron chi connectivity index (χ0n) is 18.0. The average Bonchev–Trinajstić information content (AvgIpc) is 3.48. The van der Waals surface area contributed by atoms with Crippen molar-refractivity contribution >= 4 is 34.5 Å². The van der Waals surface area contributed by atoms with Gasteiger partial charge in [0.1, 0.15) is 36.1 Å². The number of rotatable bonds is 8. The van der Waals surface area contributed by atoms with Crippen LogP contribution in [0.4, 0.5) is 9.18 Å². The second-order valence-electron chi connectivity index (χ2n) is 8.32. The Balaban J connectivity index is 1.40. The number of hydrogen-bond acceptors (Lipinski definition) is 5. The van der Waals surface area contributed by atoms with Crippen molar-refractivity contribution in [3.63, 3.8) is 0 Å². The number of imidazole rings is 1. The molecule has 176 valence electrons. The summed E-state index contributed by atoms with van der Waals surface area (Å²) in [5.41, 5.74) is 1.51. The molecule has 0 unspecified atom stereocenters. The smallest absolute Gasteiger partial charge is 0.325 e. The maximum Gasteiger partial charge on any atom is 0.325 e. The van der Waals surface area contributed by atoms with Crippen LogP contribution in [0, 0.1) is 15.3 Å². The Morgan fingerprint density at radius 1 is 1.21 bits per heavy atom. The molecule has 2 atom stereocenters. The number of nitrogens with zero attached hydrogens (tertiary/aromatic N) is 2. The summed E-state index contributed by atoms with van der Waals surface area (Å²) < 4.78 is 20.6. The molecule has 5 rings (SSSR count). The minimum absolute atomic E-state index is 0.0961. The maximum atomic E-state index is 14.5. The van der Waals surface area contributed by atoms with Crippen molar-refractivity contribution in [1.29, 1.82) is 0 Å². The van der Waals surface area contributed by atoms with E-state index in [0.717, 1.165) is 16.4 Å². The van der Waals surface area contributed by atoms with Gasteiger partial charge in [0.15, 0.2) is 0 Å². The van der Waals surface area contributed by atoms with Crippen LogP contribution in [0.1, 0.15) is 36.3 Å². The van der Waals surface area contributed by atoms with Gasteiger partial charge in [-0.2, -0.15) is 0 Å². The highest BCUT2D eigenvalue weighted by Gasteiger charge is 2.49. The fourth-order valence-electron chi connectivity index (χ4n) is 4.20. The van der Waals surface area contributed by atoms with Crippen LogP contribution in [0.3, 0.4) is 0 Å². The Kier molecular flexibility index (Phi) is 6.26. The van der Waals surface area contributed by atoms with Crippen molar-refractivity contribution < 1.29 is 23.8 Å². The molecule has 1 saturated heterocycles. The first-order chi connectivity index (χ1) is 16.5. The van der Waals surface area contributed by atoms with E-state index in [4.69, 9.17) is 9.84 Å². The number of nitrogens with one attached hydrogen (secondary N) is 2. The van der Waals surface area contributed by atoms with Crippen LogP contribution in [-0.2, 0) is 4.79 Å². The van der Waals surface area contributed by atoms with E-state index >= 15 is 0 Å². The third-order valence-electron chi connectivity index (χ3n) is 5.99. The third-order valence-corrected chi connectivity index (χ3v) is 6.66. The zero-order valence-corrected chi connectivity index (χ0v) is 20.2. The van der Waals surface area contributed by atoms with Crippen molar-refractivity contribution in [2.45, 2.75) is 24.9 Å². The van der Waals surface area contributed by atoms with Crippen LogP contribution in [0.5, 0.6) is 5.75 Å². The van der Waals surface area contributed by atoms with Gasteiger partial charge in [-0.1, -0.05) is 12.1 Å². The monoisotopic (exact) mass is 576 g/mol. The molecule has 2 heterocycles. The number of H-pyrrole nitrogens is 1. The number of aliphatic hydroxyl groups is 1. The first kappa shape index (κ1) is 22.8. The highest BCUT2D eigenvalue weighted by Crippen LogP contribution is 2.46. The van der Waals surface area contributed by atoms with E-state index in [2.05, 4.69) is 15.3 Å². The number of amides is 3. The van der Waals surface area contributed by atoms with E-state index in [9.17, 15) is 14.0 Å². The molecule has 8 nitrogen and oxygen atoms in total. The van der Waals surface area contributed by atoms with Crippen molar-refractivity contribution in [2.75, 3.05) is 13.2 Å². The molecule has 34 heavy (non-hydrogen) atoms. The lowest BCUT2D eigenvalue weighted by Crippen LogP contribution is -2.36. The molecule has 3 amide bonds. The van der Waals surface area contributed by atoms with Gasteiger partial charge < -0.3 is 20.1 Å². The van der Waals surface area contributed by atoms with Crippen LogP contribution in [-0.4, -0.2) is 45.1 Å². The first-order valence-corrected chi connectivity index (χ1v) is 12.0. The van der Waals surface area contributed by atoms with Crippen molar-refractivity contribution in [2.24, 2.45) is 5.92 Å². The number of aromatic nitrogens is 2. The lowest BCUT2D eigenvalue weighted by atomic mass is 10.1. The number of ether oxygens (including phenoxy) is 1. The summed E-state index contributed by atoms with van der Waals surface area (Å²) in [6.07, 6.45) is 3.28. The minimum atomic E-state index is -0.816. The molecule has 0 spiro atoms. The Morgan fingerprint density at radius 3 is 2.65 bits per heavy atom. The number of hydrogen-bond donors (Lipinski definition) is 3. The summed E-state index contributed by atoms with van der Waals surface area (Å²) >= 11 is 2.05. The zero-order chi connectivity index (χ0) is 23.8. The van der Waals surface area contributed by atoms with Gasteiger partial charge in [-0.15, -0.1) is 0 Å². The molecular formula is C24H22FIN4O4. The molecule has 2 fully saturated rings. The summed E-state index contributed by atoms with van der Waals surface area (Å²) in [5, 5.41) is 11.7. The standard InChI is InChI=1S/C24H22FIN4O4/c25-18-11-15(26)5-8-17(18)19-12-27-22(28-19)21(14-1-2-14)30-23(32)20(29-24(30)33)13-3-6-16(7-4-13)34-10-9-31/h3-8,11-12,14,20-21,31H,1-2,9-10H2,(H,27,28)(H,29,33)/t20-,21+/m1/s1. The van der Waals surface area contributed by atoms with Gasteiger partial charge in [0.05, 0.1) is 18.5 Å². The number of benzene rings is 2. The molecule has 3 aromatic rings. The number of carbonyl (C=O) groups excluding carboxylic acids is 2. The predicted molar refractivity (Wildman–Crippen MR) is 129 cm³/mol. The maximum absolute atomic E-state index is 14.5. The molecule has 1 aliphatic heterocycles. The minimum Gasteiger partial charge on any atom is -0.491 e. The second kappa shape index (κ2) is 9.34. The lowest BCUT2D eigenvalue weighted by Gasteiger charge is -2.23.